The average Bonchev–Trinajstić information content (AvgIpc) is 3.51. The summed E-state index contributed by atoms with van der Waals surface area (Å²) in [5.41, 5.74) is 6.62. The summed E-state index contributed by atoms with van der Waals surface area (Å²) < 4.78 is 2.31. The Labute approximate surface area is 266 Å². The fourth-order valence-corrected chi connectivity index (χ4v) is 10.6. The summed E-state index contributed by atoms with van der Waals surface area (Å²) in [5, 5.41) is 9.67. The highest BCUT2D eigenvalue weighted by atomic mass is 32.4. The van der Waals surface area contributed by atoms with E-state index in [0.717, 1.165) is 22.2 Å². The van der Waals surface area contributed by atoms with Gasteiger partial charge < -0.3 is 0 Å². The maximum Gasteiger partial charge on any atom is 0.146 e. The minimum Gasteiger partial charge on any atom is -0.292 e. The molecule has 9 aromatic rings. The topological polar surface area (TPSA) is 17.3 Å². The van der Waals surface area contributed by atoms with E-state index in [1.165, 1.54) is 53.9 Å². The van der Waals surface area contributed by atoms with Crippen LogP contribution in [0.3, 0.4) is 0 Å². The van der Waals surface area contributed by atoms with Crippen LogP contribution in [0, 0.1) is 0 Å². The van der Waals surface area contributed by atoms with E-state index in [0.29, 0.717) is 0 Å². The largest absolute Gasteiger partial charge is 0.292 e. The van der Waals surface area contributed by atoms with E-state index in [2.05, 4.69) is 168 Å². The lowest BCUT2D eigenvalue weighted by molar-refractivity contribution is 1.31. The molecule has 0 amide bonds. The van der Waals surface area contributed by atoms with E-state index in [1.807, 2.05) is 0 Å². The van der Waals surface area contributed by atoms with Crippen molar-refractivity contribution in [2.24, 2.45) is 0 Å². The molecule has 0 bridgehead atoms. The quantitative estimate of drug-likeness (QED) is 0.146. The number of fused-ring (bicyclic) bond motifs is 9. The molecule has 0 saturated carbocycles. The van der Waals surface area contributed by atoms with Crippen LogP contribution in [0.5, 0.6) is 0 Å². The first-order chi connectivity index (χ1) is 22.2. The molecule has 45 heavy (non-hydrogen) atoms. The number of benzene rings is 7. The lowest BCUT2D eigenvalue weighted by atomic mass is 10.0. The standard InChI is InChI=1S/C41H27N2PS/c45-44(32-11-3-1-4-12-32,33-13-5-2-6-14-33)34-23-21-29-25-28(19-20-30(29)26-34)31-22-24-40-38(27-31)42-41-37-17-8-7-15-35(37)36-16-9-10-18-39(36)43(40)41/h1-27H. The molecule has 0 atom stereocenters. The maximum absolute atomic E-state index is 6.60. The highest BCUT2D eigenvalue weighted by Crippen LogP contribution is 2.43. The summed E-state index contributed by atoms with van der Waals surface area (Å²) in [5.74, 6) is 0. The van der Waals surface area contributed by atoms with Crippen molar-refractivity contribution in [3.05, 3.63) is 164 Å². The van der Waals surface area contributed by atoms with Gasteiger partial charge in [-0.1, -0.05) is 145 Å². The Morgan fingerprint density at radius 3 is 1.78 bits per heavy atom. The monoisotopic (exact) mass is 610 g/mol. The van der Waals surface area contributed by atoms with Crippen LogP contribution in [0.1, 0.15) is 0 Å². The lowest BCUT2D eigenvalue weighted by Gasteiger charge is -2.24. The predicted octanol–water partition coefficient (Wildman–Crippen LogP) is 9.37. The number of rotatable bonds is 4. The van der Waals surface area contributed by atoms with E-state index < -0.39 is 6.04 Å². The molecule has 7 aromatic carbocycles. The average molecular weight is 611 g/mol. The Kier molecular flexibility index (Phi) is 5.99. The lowest BCUT2D eigenvalue weighted by Crippen LogP contribution is -2.24. The molecule has 0 aliphatic rings. The predicted molar refractivity (Wildman–Crippen MR) is 197 cm³/mol. The van der Waals surface area contributed by atoms with Crippen molar-refractivity contribution in [3.8, 4) is 11.1 Å². The van der Waals surface area contributed by atoms with Gasteiger partial charge in [0.25, 0.3) is 0 Å². The summed E-state index contributed by atoms with van der Waals surface area (Å²) in [6, 6.07) is 56.4. The number of nitrogens with zero attached hydrogens (tertiary/aromatic N) is 2. The van der Waals surface area contributed by atoms with Crippen molar-refractivity contribution in [3.63, 3.8) is 0 Å². The van der Waals surface area contributed by atoms with Gasteiger partial charge in [-0.2, -0.15) is 0 Å². The Bertz CT molecular complexity index is 2580. The zero-order chi connectivity index (χ0) is 30.0. The summed E-state index contributed by atoms with van der Waals surface area (Å²) >= 11 is 6.60. The Morgan fingerprint density at radius 2 is 1.02 bits per heavy atom. The van der Waals surface area contributed by atoms with Gasteiger partial charge in [-0.3, -0.25) is 4.40 Å². The smallest absolute Gasteiger partial charge is 0.146 e. The second-order valence-electron chi connectivity index (χ2n) is 11.6. The summed E-state index contributed by atoms with van der Waals surface area (Å²) in [6.45, 7) is 0. The minimum absolute atomic E-state index is 0.995. The molecule has 0 N–H and O–H groups in total. The van der Waals surface area contributed by atoms with E-state index in [9.17, 15) is 0 Å². The highest BCUT2D eigenvalue weighted by Gasteiger charge is 2.25. The molecule has 0 aliphatic heterocycles. The first kappa shape index (κ1) is 26.3. The molecule has 0 aliphatic carbocycles. The molecule has 0 fully saturated rings. The van der Waals surface area contributed by atoms with Crippen molar-refractivity contribution >= 4 is 82.9 Å². The summed E-state index contributed by atoms with van der Waals surface area (Å²) in [4.78, 5) is 5.19. The van der Waals surface area contributed by atoms with Crippen molar-refractivity contribution in [1.29, 1.82) is 0 Å². The summed E-state index contributed by atoms with van der Waals surface area (Å²) in [6.07, 6.45) is 0. The molecule has 2 aromatic heterocycles. The van der Waals surface area contributed by atoms with E-state index in [1.54, 1.807) is 0 Å². The van der Waals surface area contributed by atoms with Gasteiger partial charge in [0, 0.05) is 16.8 Å². The van der Waals surface area contributed by atoms with Gasteiger partial charge in [0.15, 0.2) is 0 Å². The Hall–Kier alpha value is -5.08. The fraction of sp³-hybridized carbons (Fsp3) is 0. The van der Waals surface area contributed by atoms with Crippen LogP contribution < -0.4 is 15.9 Å². The number of hydrogen-bond acceptors (Lipinski definition) is 2. The van der Waals surface area contributed by atoms with E-state index in [-0.39, 0.29) is 0 Å². The van der Waals surface area contributed by atoms with Crippen molar-refractivity contribution in [2.75, 3.05) is 0 Å². The molecule has 212 valence electrons. The van der Waals surface area contributed by atoms with Gasteiger partial charge in [-0.05, 0) is 73.5 Å². The zero-order valence-corrected chi connectivity index (χ0v) is 26.0. The van der Waals surface area contributed by atoms with Crippen molar-refractivity contribution in [1.82, 2.24) is 9.38 Å². The maximum atomic E-state index is 6.60. The molecule has 9 rings (SSSR count). The Morgan fingerprint density at radius 1 is 0.444 bits per heavy atom. The van der Waals surface area contributed by atoms with Crippen LogP contribution in [0.4, 0.5) is 0 Å². The molecular weight excluding hydrogens is 584 g/mol. The first-order valence-corrected chi connectivity index (χ1v) is 18.0. The highest BCUT2D eigenvalue weighted by molar-refractivity contribution is 8.25. The van der Waals surface area contributed by atoms with E-state index >= 15 is 0 Å². The third-order valence-corrected chi connectivity index (χ3v) is 14.0. The van der Waals surface area contributed by atoms with Gasteiger partial charge in [0.05, 0.1) is 16.6 Å². The van der Waals surface area contributed by atoms with Crippen LogP contribution in [-0.2, 0) is 11.8 Å². The third-order valence-electron chi connectivity index (χ3n) is 9.02. The van der Waals surface area contributed by atoms with Gasteiger partial charge in [0.1, 0.15) is 5.65 Å². The number of imidazole rings is 1. The van der Waals surface area contributed by atoms with Crippen LogP contribution in [0.25, 0.3) is 60.3 Å². The van der Waals surface area contributed by atoms with Gasteiger partial charge in [-0.15, -0.1) is 0 Å². The second kappa shape index (κ2) is 10.2. The molecule has 4 heteroatoms. The molecule has 0 saturated heterocycles. The first-order valence-electron chi connectivity index (χ1n) is 15.2. The number of aromatic nitrogens is 2. The molecule has 0 radical (unpaired) electrons. The number of pyridine rings is 1. The molecular formula is C41H27N2PS. The van der Waals surface area contributed by atoms with Crippen LogP contribution in [-0.4, -0.2) is 9.38 Å². The molecule has 2 nitrogen and oxygen atoms in total. The number of para-hydroxylation sites is 1. The number of hydrogen-bond donors (Lipinski definition) is 0. The zero-order valence-electron chi connectivity index (χ0n) is 24.3. The second-order valence-corrected chi connectivity index (χ2v) is 16.0. The summed E-state index contributed by atoms with van der Waals surface area (Å²) in [7, 11) is 0. The fourth-order valence-electron chi connectivity index (χ4n) is 6.83. The molecule has 2 heterocycles. The van der Waals surface area contributed by atoms with Crippen molar-refractivity contribution in [2.45, 2.75) is 0 Å². The molecule has 0 unspecified atom stereocenters. The van der Waals surface area contributed by atoms with Gasteiger partial charge in [0.2, 0.25) is 0 Å². The van der Waals surface area contributed by atoms with Crippen LogP contribution in [0.15, 0.2) is 164 Å². The molecule has 0 spiro atoms. The van der Waals surface area contributed by atoms with Gasteiger partial charge in [-0.25, -0.2) is 4.98 Å². The van der Waals surface area contributed by atoms with Gasteiger partial charge >= 0.3 is 0 Å². The van der Waals surface area contributed by atoms with Crippen molar-refractivity contribution < 1.29 is 0 Å². The van der Waals surface area contributed by atoms with Crippen LogP contribution in [0.2, 0.25) is 0 Å². The third kappa shape index (κ3) is 4.09. The minimum atomic E-state index is -2.21. The normalized spacial score (nSPS) is 12.1. The van der Waals surface area contributed by atoms with E-state index in [4.69, 9.17) is 16.8 Å². The van der Waals surface area contributed by atoms with Crippen LogP contribution >= 0.6 is 6.04 Å². The SMILES string of the molecule is S=P(c1ccccc1)(c1ccccc1)c1ccc2cc(-c3ccc4c(c3)nc3c5ccccc5c5ccccc5n43)ccc2c1. The Balaban J connectivity index is 1.17.